The number of benzene rings is 2. The molecule has 2 unspecified atom stereocenters. The van der Waals surface area contributed by atoms with Crippen LogP contribution < -0.4 is 20.3 Å². The van der Waals surface area contributed by atoms with Crippen LogP contribution in [-0.4, -0.2) is 41.4 Å². The molecule has 8 nitrogen and oxygen atoms in total. The zero-order valence-electron chi connectivity index (χ0n) is 20.8. The third kappa shape index (κ3) is 5.08. The molecule has 1 saturated heterocycles. The Labute approximate surface area is 231 Å². The largest absolute Gasteiger partial charge is 0.497 e. The van der Waals surface area contributed by atoms with Crippen molar-refractivity contribution in [2.75, 3.05) is 31.0 Å². The molecule has 2 N–H and O–H groups in total. The molecule has 0 aliphatic carbocycles. The van der Waals surface area contributed by atoms with Gasteiger partial charge in [-0.1, -0.05) is 17.7 Å². The summed E-state index contributed by atoms with van der Waals surface area (Å²) in [5.41, 5.74) is 4.13. The Morgan fingerprint density at radius 2 is 1.87 bits per heavy atom. The molecule has 5 rings (SSSR count). The van der Waals surface area contributed by atoms with Crippen LogP contribution in [0.3, 0.4) is 0 Å². The third-order valence-corrected chi connectivity index (χ3v) is 6.94. The number of nitrogens with one attached hydrogen (secondary N) is 2. The second-order valence-electron chi connectivity index (χ2n) is 8.64. The number of carbonyl (C=O) groups is 1. The average molecular weight is 548 g/mol. The number of amides is 1. The van der Waals surface area contributed by atoms with Gasteiger partial charge in [-0.2, -0.15) is 0 Å². The number of ether oxygens (including phenoxy) is 2. The summed E-state index contributed by atoms with van der Waals surface area (Å²) >= 11 is 12.5. The number of methoxy groups -OCH3 is 2. The lowest BCUT2D eigenvalue weighted by molar-refractivity contribution is -0.119. The fourth-order valence-electron chi connectivity index (χ4n) is 4.62. The maximum Gasteiger partial charge on any atom is 0.250 e. The lowest BCUT2D eigenvalue weighted by Crippen LogP contribution is -2.30. The van der Waals surface area contributed by atoms with Gasteiger partial charge in [0.25, 0.3) is 0 Å². The smallest absolute Gasteiger partial charge is 0.250 e. The maximum absolute atomic E-state index is 12.0. The highest BCUT2D eigenvalue weighted by atomic mass is 35.5. The van der Waals surface area contributed by atoms with Crippen LogP contribution in [0, 0.1) is 0 Å². The Morgan fingerprint density at radius 1 is 1.08 bits per heavy atom. The Morgan fingerprint density at radius 3 is 2.55 bits per heavy atom. The van der Waals surface area contributed by atoms with E-state index in [1.54, 1.807) is 25.4 Å². The van der Waals surface area contributed by atoms with Gasteiger partial charge in [0.15, 0.2) is 5.11 Å². The molecule has 2 atom stereocenters. The predicted molar refractivity (Wildman–Crippen MR) is 152 cm³/mol. The number of hydrogen-bond donors (Lipinski definition) is 2. The van der Waals surface area contributed by atoms with E-state index < -0.39 is 0 Å². The van der Waals surface area contributed by atoms with Gasteiger partial charge in [-0.15, -0.1) is 0 Å². The average Bonchev–Trinajstić information content (AvgIpc) is 3.55. The van der Waals surface area contributed by atoms with Crippen LogP contribution in [-0.2, 0) is 9.53 Å². The second-order valence-corrected chi connectivity index (χ2v) is 9.44. The molecule has 0 saturated carbocycles. The van der Waals surface area contributed by atoms with Crippen molar-refractivity contribution in [3.63, 3.8) is 0 Å². The molecule has 3 heterocycles. The van der Waals surface area contributed by atoms with Crippen LogP contribution in [0.15, 0.2) is 85.2 Å². The summed E-state index contributed by atoms with van der Waals surface area (Å²) in [5.74, 6) is 0.498. The number of carbonyl (C=O) groups excluding carboxylic acids is 1. The van der Waals surface area contributed by atoms with Gasteiger partial charge in [-0.25, -0.2) is 0 Å². The second kappa shape index (κ2) is 11.2. The normalized spacial score (nSPS) is 16.8. The number of rotatable bonds is 8. The number of anilines is 2. The lowest BCUT2D eigenvalue weighted by Gasteiger charge is -2.29. The van der Waals surface area contributed by atoms with Crippen molar-refractivity contribution >= 4 is 46.2 Å². The van der Waals surface area contributed by atoms with Crippen LogP contribution in [0.5, 0.6) is 5.75 Å². The van der Waals surface area contributed by atoms with Gasteiger partial charge in [-0.05, 0) is 78.9 Å². The van der Waals surface area contributed by atoms with E-state index in [1.807, 2.05) is 65.7 Å². The van der Waals surface area contributed by atoms with Gasteiger partial charge < -0.3 is 29.6 Å². The molecule has 10 heteroatoms. The molecule has 0 spiro atoms. The number of thiocarbonyl (C=S) groups is 1. The van der Waals surface area contributed by atoms with Gasteiger partial charge in [0.05, 0.1) is 29.6 Å². The predicted octanol–water partition coefficient (Wildman–Crippen LogP) is 5.30. The monoisotopic (exact) mass is 547 g/mol. The van der Waals surface area contributed by atoms with E-state index >= 15 is 0 Å². The summed E-state index contributed by atoms with van der Waals surface area (Å²) in [6, 6.07) is 22.8. The summed E-state index contributed by atoms with van der Waals surface area (Å²) in [6.07, 6.45) is 3.80. The number of aromatic nitrogens is 2. The first-order valence-corrected chi connectivity index (χ1v) is 12.7. The van der Waals surface area contributed by atoms with E-state index in [0.717, 1.165) is 28.5 Å². The third-order valence-electron chi connectivity index (χ3n) is 6.31. The molecule has 2 aromatic carbocycles. The Balaban J connectivity index is 1.57. The molecule has 1 fully saturated rings. The molecule has 4 aromatic rings. The van der Waals surface area contributed by atoms with E-state index in [4.69, 9.17) is 33.3 Å². The van der Waals surface area contributed by atoms with Gasteiger partial charge in [0.2, 0.25) is 5.91 Å². The summed E-state index contributed by atoms with van der Waals surface area (Å²) in [6.45, 7) is -0.0611. The standard InChI is InChI=1S/C28H26ClN5O3S/c1-36-17-25(35)31-22-13-10-19(16-21(22)29)34-27(26(32-28(34)38)23-6-3-4-14-30-23)24-7-5-15-33(24)18-8-11-20(37-2)12-9-18/h3-16,26-27H,17H2,1-2H3,(H,31,35)(H,32,38). The van der Waals surface area contributed by atoms with E-state index in [-0.39, 0.29) is 24.6 Å². The minimum absolute atomic E-state index is 0.0611. The minimum Gasteiger partial charge on any atom is -0.497 e. The highest BCUT2D eigenvalue weighted by Crippen LogP contribution is 2.43. The van der Waals surface area contributed by atoms with Gasteiger partial charge in [0.1, 0.15) is 18.4 Å². The zero-order chi connectivity index (χ0) is 26.6. The fourth-order valence-corrected chi connectivity index (χ4v) is 5.19. The molecular weight excluding hydrogens is 522 g/mol. The number of hydrogen-bond acceptors (Lipinski definition) is 5. The first kappa shape index (κ1) is 25.7. The highest BCUT2D eigenvalue weighted by molar-refractivity contribution is 7.80. The zero-order valence-corrected chi connectivity index (χ0v) is 22.4. The Bertz CT molecular complexity index is 1440. The molecular formula is C28H26ClN5O3S. The van der Waals surface area contributed by atoms with Crippen LogP contribution >= 0.6 is 23.8 Å². The molecule has 38 heavy (non-hydrogen) atoms. The fraction of sp³-hybridized carbons (Fsp3) is 0.179. The van der Waals surface area contributed by atoms with E-state index in [2.05, 4.69) is 26.3 Å². The van der Waals surface area contributed by atoms with Crippen molar-refractivity contribution in [1.82, 2.24) is 14.9 Å². The Kier molecular flexibility index (Phi) is 7.59. The van der Waals surface area contributed by atoms with Crippen molar-refractivity contribution in [3.05, 3.63) is 102 Å². The van der Waals surface area contributed by atoms with Crippen molar-refractivity contribution in [2.45, 2.75) is 12.1 Å². The number of halogens is 1. The molecule has 194 valence electrons. The Hall–Kier alpha value is -3.92. The van der Waals surface area contributed by atoms with E-state index in [1.165, 1.54) is 7.11 Å². The van der Waals surface area contributed by atoms with Crippen LogP contribution in [0.1, 0.15) is 23.5 Å². The lowest BCUT2D eigenvalue weighted by atomic mass is 10.0. The van der Waals surface area contributed by atoms with E-state index in [9.17, 15) is 4.79 Å². The van der Waals surface area contributed by atoms with Crippen LogP contribution in [0.25, 0.3) is 5.69 Å². The molecule has 1 aliphatic rings. The van der Waals surface area contributed by atoms with Gasteiger partial charge >= 0.3 is 0 Å². The minimum atomic E-state index is -0.286. The van der Waals surface area contributed by atoms with Crippen molar-refractivity contribution in [1.29, 1.82) is 0 Å². The number of pyridine rings is 1. The first-order chi connectivity index (χ1) is 18.5. The topological polar surface area (TPSA) is 80.7 Å². The maximum atomic E-state index is 12.0. The quantitative estimate of drug-likeness (QED) is 0.290. The summed E-state index contributed by atoms with van der Waals surface area (Å²) in [5, 5.41) is 7.17. The summed E-state index contributed by atoms with van der Waals surface area (Å²) in [4.78, 5) is 18.7. The van der Waals surface area contributed by atoms with E-state index in [0.29, 0.717) is 15.8 Å². The van der Waals surface area contributed by atoms with Crippen molar-refractivity contribution < 1.29 is 14.3 Å². The van der Waals surface area contributed by atoms with Crippen LogP contribution in [0.4, 0.5) is 11.4 Å². The summed E-state index contributed by atoms with van der Waals surface area (Å²) in [7, 11) is 3.11. The molecule has 2 aromatic heterocycles. The first-order valence-electron chi connectivity index (χ1n) is 11.9. The van der Waals surface area contributed by atoms with Gasteiger partial charge in [-0.3, -0.25) is 9.78 Å². The van der Waals surface area contributed by atoms with Gasteiger partial charge in [0, 0.05) is 36.6 Å². The molecule has 1 aliphatic heterocycles. The molecule has 1 amide bonds. The van der Waals surface area contributed by atoms with Crippen molar-refractivity contribution in [3.8, 4) is 11.4 Å². The highest BCUT2D eigenvalue weighted by Gasteiger charge is 2.42. The van der Waals surface area contributed by atoms with Crippen LogP contribution in [0.2, 0.25) is 5.02 Å². The summed E-state index contributed by atoms with van der Waals surface area (Å²) < 4.78 is 12.4. The SMILES string of the molecule is COCC(=O)Nc1ccc(N2C(=S)NC(c3ccccn3)C2c2cccn2-c2ccc(OC)cc2)cc1Cl. The number of nitrogens with zero attached hydrogens (tertiary/aromatic N) is 3. The molecule has 0 radical (unpaired) electrons. The molecule has 0 bridgehead atoms. The van der Waals surface area contributed by atoms with Crippen molar-refractivity contribution in [2.24, 2.45) is 0 Å².